The first-order valence-corrected chi connectivity index (χ1v) is 12.5. The van der Waals surface area contributed by atoms with Crippen molar-refractivity contribution in [1.29, 1.82) is 0 Å². The second-order valence-corrected chi connectivity index (χ2v) is 9.96. The predicted molar refractivity (Wildman–Crippen MR) is 93.8 cm³/mol. The Balaban J connectivity index is 0.00000529. The molecule has 0 saturated carbocycles. The molecule has 0 fully saturated rings. The topological polar surface area (TPSA) is 66.4 Å². The molecule has 0 bridgehead atoms. The monoisotopic (exact) mass is 480 g/mol. The van der Waals surface area contributed by atoms with Crippen LogP contribution in [0.2, 0.25) is 4.47 Å². The minimum absolute atomic E-state index is 0. The molecule has 0 amide bonds. The second kappa shape index (κ2) is 16.1. The van der Waals surface area contributed by atoms with Gasteiger partial charge in [0.25, 0.3) is 0 Å². The summed E-state index contributed by atoms with van der Waals surface area (Å²) in [6, 6.07) is 10.8. The summed E-state index contributed by atoms with van der Waals surface area (Å²) < 4.78 is 37.8. The van der Waals surface area contributed by atoms with Crippen LogP contribution in [0, 0.1) is 0 Å². The van der Waals surface area contributed by atoms with Crippen molar-refractivity contribution >= 4 is 34.9 Å². The van der Waals surface area contributed by atoms with Crippen LogP contribution >= 0.6 is 0 Å². The van der Waals surface area contributed by atoms with Gasteiger partial charge in [-0.05, 0) is 0 Å². The van der Waals surface area contributed by atoms with Gasteiger partial charge in [-0.1, -0.05) is 0 Å². The minimum Gasteiger partial charge on any atom is 1.00 e. The zero-order chi connectivity index (χ0) is 16.8. The number of benzene rings is 1. The van der Waals surface area contributed by atoms with Crippen LogP contribution in [-0.2, 0) is 14.6 Å². The van der Waals surface area contributed by atoms with Gasteiger partial charge >= 0.3 is 157 Å². The maximum absolute atomic E-state index is 10.2. The summed E-state index contributed by atoms with van der Waals surface area (Å²) in [7, 11) is -4.50. The van der Waals surface area contributed by atoms with E-state index in [2.05, 4.69) is 34.5 Å². The van der Waals surface area contributed by atoms with Crippen molar-refractivity contribution in [2.24, 2.45) is 0 Å². The van der Waals surface area contributed by atoms with Gasteiger partial charge in [-0.25, -0.2) is 8.42 Å². The van der Waals surface area contributed by atoms with Gasteiger partial charge in [-0.3, -0.25) is 0 Å². The van der Waals surface area contributed by atoms with Crippen LogP contribution in [-0.4, -0.2) is 40.5 Å². The molecule has 4 nitrogen and oxygen atoms in total. The molecule has 24 heavy (non-hydrogen) atoms. The zero-order valence-electron chi connectivity index (χ0n) is 14.6. The summed E-state index contributed by atoms with van der Waals surface area (Å²) in [4.78, 5) is 0. The third-order valence-electron chi connectivity index (χ3n) is 3.53. The Morgan fingerprint density at radius 2 is 1.33 bits per heavy atom. The van der Waals surface area contributed by atoms with E-state index in [0.717, 1.165) is 12.8 Å². The van der Waals surface area contributed by atoms with Crippen LogP contribution in [0.1, 0.15) is 57.8 Å². The molecule has 0 unspecified atom stereocenters. The van der Waals surface area contributed by atoms with E-state index < -0.39 is 10.4 Å². The van der Waals surface area contributed by atoms with Gasteiger partial charge in [0.1, 0.15) is 0 Å². The van der Waals surface area contributed by atoms with Crippen molar-refractivity contribution in [2.45, 2.75) is 62.3 Å². The zero-order valence-corrected chi connectivity index (χ0v) is 19.8. The van der Waals surface area contributed by atoms with E-state index in [1.807, 2.05) is 0 Å². The molecule has 0 aromatic heterocycles. The Kier molecular flexibility index (Phi) is 16.7. The van der Waals surface area contributed by atoms with Gasteiger partial charge in [-0.2, -0.15) is 0 Å². The number of hydrogen-bond acceptors (Lipinski definition) is 4. The average Bonchev–Trinajstić information content (AvgIpc) is 2.52. The Bertz CT molecular complexity index is 497. The van der Waals surface area contributed by atoms with E-state index >= 15 is 0 Å². The molecule has 0 aliphatic carbocycles. The van der Waals surface area contributed by atoms with E-state index in [-0.39, 0.29) is 57.1 Å². The average molecular weight is 478 g/mol. The third kappa shape index (κ3) is 16.4. The molecule has 132 valence electrons. The smallest absolute Gasteiger partial charge is 1.00 e. The molecule has 1 rings (SSSR count). The first kappa shape index (κ1) is 24.9. The molecule has 0 heterocycles. The first-order valence-electron chi connectivity index (χ1n) is 8.36. The van der Waals surface area contributed by atoms with E-state index in [1.165, 1.54) is 43.0 Å². The molecule has 0 radical (unpaired) electrons. The van der Waals surface area contributed by atoms with Gasteiger partial charge in [0.05, 0.1) is 0 Å². The van der Waals surface area contributed by atoms with Gasteiger partial charge < -0.3 is 4.55 Å². The molecule has 1 aromatic rings. The summed E-state index contributed by atoms with van der Waals surface area (Å²) in [6.45, 7) is 0.0247. The Labute approximate surface area is 179 Å². The normalized spacial score (nSPS) is 11.2. The Morgan fingerprint density at radius 3 is 1.88 bits per heavy atom. The third-order valence-corrected chi connectivity index (χ3v) is 7.12. The Morgan fingerprint density at radius 1 is 0.833 bits per heavy atom. The van der Waals surface area contributed by atoms with Gasteiger partial charge in [0, 0.05) is 0 Å². The van der Waals surface area contributed by atoms with Gasteiger partial charge in [-0.15, -0.1) is 0 Å². The summed E-state index contributed by atoms with van der Waals surface area (Å²) >= 11 is 0.0247. The summed E-state index contributed by atoms with van der Waals surface area (Å²) in [5, 5.41) is 0. The van der Waals surface area contributed by atoms with Gasteiger partial charge in [0.15, 0.2) is 0 Å². The van der Waals surface area contributed by atoms with Crippen molar-refractivity contribution in [3.63, 3.8) is 0 Å². The van der Waals surface area contributed by atoms with Crippen LogP contribution in [0.25, 0.3) is 0 Å². The molecule has 0 saturated heterocycles. The number of hydrogen-bond donors (Lipinski definition) is 0. The fraction of sp³-hybridized carbons (Fsp3) is 0.647. The molecule has 0 spiro atoms. The van der Waals surface area contributed by atoms with Crippen LogP contribution in [0.5, 0.6) is 0 Å². The van der Waals surface area contributed by atoms with Gasteiger partial charge in [0.2, 0.25) is 10.4 Å². The molecule has 0 aliphatic rings. The van der Waals surface area contributed by atoms with E-state index in [9.17, 15) is 13.0 Å². The largest absolute Gasteiger partial charge is 1.00 e. The maximum Gasteiger partial charge on any atom is 1.00 e. The van der Waals surface area contributed by atoms with E-state index in [1.54, 1.807) is 3.61 Å². The van der Waals surface area contributed by atoms with Crippen molar-refractivity contribution in [3.8, 4) is 0 Å². The SMILES string of the molecule is O=S(=O)([O-])OCCCCCCCCCCC[Te]c1ccccc1.[Na+]. The van der Waals surface area contributed by atoms with E-state index in [4.69, 9.17) is 0 Å². The molecular weight excluding hydrogens is 451 g/mol. The van der Waals surface area contributed by atoms with Crippen LogP contribution < -0.4 is 33.2 Å². The summed E-state index contributed by atoms with van der Waals surface area (Å²) in [5.74, 6) is 0. The molecular formula is C17H27NaO4STe. The van der Waals surface area contributed by atoms with Crippen molar-refractivity contribution in [3.05, 3.63) is 30.3 Å². The summed E-state index contributed by atoms with van der Waals surface area (Å²) in [6.07, 6.45) is 10.4. The van der Waals surface area contributed by atoms with Crippen molar-refractivity contribution in [2.75, 3.05) is 6.61 Å². The fourth-order valence-corrected chi connectivity index (χ4v) is 5.30. The standard InChI is InChI=1S/C17H28O4STe.Na/c18-22(19,20)21-15-11-6-4-2-1-3-5-7-12-16-23-17-13-9-8-10-14-17;/h8-10,13-14H,1-7,11-12,15-16H2,(H,18,19,20);/q;+1/p-1. The molecule has 1 aromatic carbocycles. The minimum atomic E-state index is -4.50. The van der Waals surface area contributed by atoms with E-state index in [0.29, 0.717) is 6.42 Å². The molecule has 0 aliphatic heterocycles. The fourth-order valence-electron chi connectivity index (χ4n) is 2.31. The molecule has 0 N–H and O–H groups in total. The van der Waals surface area contributed by atoms with Crippen LogP contribution in [0.4, 0.5) is 0 Å². The molecule has 7 heteroatoms. The maximum atomic E-state index is 10.2. The Hall–Kier alpha value is 0.880. The first-order chi connectivity index (χ1) is 11.1. The summed E-state index contributed by atoms with van der Waals surface area (Å²) in [5.41, 5.74) is 0. The number of unbranched alkanes of at least 4 members (excludes halogenated alkanes) is 8. The second-order valence-electron chi connectivity index (χ2n) is 5.57. The predicted octanol–water partition coefficient (Wildman–Crippen LogP) is 0.426. The number of rotatable bonds is 14. The van der Waals surface area contributed by atoms with Crippen LogP contribution in [0.3, 0.4) is 0 Å². The quantitative estimate of drug-likeness (QED) is 0.169. The molecule has 0 atom stereocenters. The van der Waals surface area contributed by atoms with Crippen molar-refractivity contribution < 1.29 is 46.7 Å². The van der Waals surface area contributed by atoms with Crippen molar-refractivity contribution in [1.82, 2.24) is 0 Å². The van der Waals surface area contributed by atoms with Crippen LogP contribution in [0.15, 0.2) is 30.3 Å².